The van der Waals surface area contributed by atoms with Crippen LogP contribution in [0.2, 0.25) is 0 Å². The molecule has 0 saturated carbocycles. The quantitative estimate of drug-likeness (QED) is 0.759. The molecule has 1 aromatic heterocycles. The number of aryl methyl sites for hydroxylation is 1. The van der Waals surface area contributed by atoms with Gasteiger partial charge in [0.05, 0.1) is 5.69 Å². The van der Waals surface area contributed by atoms with Gasteiger partial charge in [0.25, 0.3) is 0 Å². The molecule has 3 aromatic rings. The predicted molar refractivity (Wildman–Crippen MR) is 72.5 cm³/mol. The van der Waals surface area contributed by atoms with Crippen LogP contribution >= 0.6 is 0 Å². The van der Waals surface area contributed by atoms with Gasteiger partial charge in [0.1, 0.15) is 11.5 Å². The fourth-order valence-electron chi connectivity index (χ4n) is 1.95. The smallest absolute Gasteiger partial charge is 0.246 e. The first-order valence-electron chi connectivity index (χ1n) is 5.93. The molecule has 0 aliphatic heterocycles. The lowest BCUT2D eigenvalue weighted by Crippen LogP contribution is -1.94. The van der Waals surface area contributed by atoms with Crippen LogP contribution in [0.3, 0.4) is 0 Å². The molecule has 1 heterocycles. The maximum Gasteiger partial charge on any atom is 0.246 e. The fraction of sp³-hybridized carbons (Fsp3) is 0.0667. The number of phenolic OH excluding ortho intramolecular Hbond substituents is 1. The van der Waals surface area contributed by atoms with Crippen LogP contribution in [0.4, 0.5) is 0 Å². The van der Waals surface area contributed by atoms with Crippen LogP contribution in [0.25, 0.3) is 10.8 Å². The minimum Gasteiger partial charge on any atom is -0.508 e. The highest BCUT2D eigenvalue weighted by Gasteiger charge is 2.08. The maximum atomic E-state index is 9.43. The molecule has 0 saturated heterocycles. The summed E-state index contributed by atoms with van der Waals surface area (Å²) in [6.07, 6.45) is 0. The third kappa shape index (κ3) is 2.20. The van der Waals surface area contributed by atoms with Crippen LogP contribution in [0.5, 0.6) is 17.4 Å². The summed E-state index contributed by atoms with van der Waals surface area (Å²) < 4.78 is 5.69. The number of benzene rings is 2. The number of ether oxygens (including phenoxy) is 1. The zero-order chi connectivity index (χ0) is 13.2. The van der Waals surface area contributed by atoms with Crippen LogP contribution in [0.1, 0.15) is 5.69 Å². The Morgan fingerprint density at radius 1 is 0.947 bits per heavy atom. The molecular weight excluding hydrogens is 240 g/mol. The van der Waals surface area contributed by atoms with Gasteiger partial charge in [0.15, 0.2) is 0 Å². The molecule has 0 spiro atoms. The molecule has 3 rings (SSSR count). The summed E-state index contributed by atoms with van der Waals surface area (Å²) in [5.41, 5.74) is 0.860. The topological polar surface area (TPSA) is 55.2 Å². The van der Waals surface area contributed by atoms with Crippen LogP contribution in [-0.2, 0) is 0 Å². The standard InChI is InChI=1S/C15H12N2O2/c1-10-13-7-2-3-8-14(13)15(17-16-10)19-12-6-4-5-11(18)9-12/h2-9,18H,1H3. The van der Waals surface area contributed by atoms with Gasteiger partial charge in [-0.2, -0.15) is 5.10 Å². The first kappa shape index (κ1) is 11.5. The Morgan fingerprint density at radius 3 is 2.53 bits per heavy atom. The van der Waals surface area contributed by atoms with Gasteiger partial charge in [-0.25, -0.2) is 0 Å². The van der Waals surface area contributed by atoms with Crippen molar-refractivity contribution in [2.24, 2.45) is 0 Å². The third-order valence-corrected chi connectivity index (χ3v) is 2.87. The molecule has 0 aliphatic rings. The second kappa shape index (κ2) is 4.57. The lowest BCUT2D eigenvalue weighted by molar-refractivity contribution is 0.444. The van der Waals surface area contributed by atoms with Gasteiger partial charge in [-0.05, 0) is 25.1 Å². The van der Waals surface area contributed by atoms with Gasteiger partial charge >= 0.3 is 0 Å². The van der Waals surface area contributed by atoms with Crippen LogP contribution in [-0.4, -0.2) is 15.3 Å². The Hall–Kier alpha value is -2.62. The number of fused-ring (bicyclic) bond motifs is 1. The number of rotatable bonds is 2. The first-order chi connectivity index (χ1) is 9.24. The normalized spacial score (nSPS) is 10.6. The molecule has 19 heavy (non-hydrogen) atoms. The number of hydrogen-bond donors (Lipinski definition) is 1. The summed E-state index contributed by atoms with van der Waals surface area (Å²) >= 11 is 0. The Balaban J connectivity index is 2.09. The highest BCUT2D eigenvalue weighted by molar-refractivity contribution is 5.88. The Labute approximate surface area is 110 Å². The van der Waals surface area contributed by atoms with Gasteiger partial charge in [-0.1, -0.05) is 24.3 Å². The van der Waals surface area contributed by atoms with Crippen LogP contribution < -0.4 is 4.74 Å². The van der Waals surface area contributed by atoms with Gasteiger partial charge in [-0.15, -0.1) is 5.10 Å². The molecule has 0 aliphatic carbocycles. The van der Waals surface area contributed by atoms with Crippen molar-refractivity contribution in [3.63, 3.8) is 0 Å². The molecule has 0 unspecified atom stereocenters. The van der Waals surface area contributed by atoms with Crippen molar-refractivity contribution < 1.29 is 9.84 Å². The average Bonchev–Trinajstić information content (AvgIpc) is 2.42. The van der Waals surface area contributed by atoms with E-state index in [-0.39, 0.29) is 5.75 Å². The summed E-state index contributed by atoms with van der Waals surface area (Å²) in [6, 6.07) is 14.4. The third-order valence-electron chi connectivity index (χ3n) is 2.87. The maximum absolute atomic E-state index is 9.43. The average molecular weight is 252 g/mol. The second-order valence-corrected chi connectivity index (χ2v) is 4.24. The minimum absolute atomic E-state index is 0.155. The number of hydrogen-bond acceptors (Lipinski definition) is 4. The molecule has 4 nitrogen and oxygen atoms in total. The molecule has 0 amide bonds. The summed E-state index contributed by atoms with van der Waals surface area (Å²) in [4.78, 5) is 0. The molecule has 0 atom stereocenters. The van der Waals surface area contributed by atoms with E-state index >= 15 is 0 Å². The van der Waals surface area contributed by atoms with E-state index in [0.29, 0.717) is 11.6 Å². The Bertz CT molecular complexity index is 741. The van der Waals surface area contributed by atoms with Gasteiger partial charge < -0.3 is 9.84 Å². The van der Waals surface area contributed by atoms with E-state index in [1.807, 2.05) is 31.2 Å². The second-order valence-electron chi connectivity index (χ2n) is 4.24. The van der Waals surface area contributed by atoms with E-state index in [1.54, 1.807) is 18.2 Å². The van der Waals surface area contributed by atoms with Crippen molar-refractivity contribution in [2.75, 3.05) is 0 Å². The van der Waals surface area contributed by atoms with Crippen molar-refractivity contribution in [3.8, 4) is 17.4 Å². The molecular formula is C15H12N2O2. The molecule has 0 radical (unpaired) electrons. The zero-order valence-corrected chi connectivity index (χ0v) is 10.4. The van der Waals surface area contributed by atoms with E-state index in [4.69, 9.17) is 4.74 Å². The lowest BCUT2D eigenvalue weighted by atomic mass is 10.1. The monoisotopic (exact) mass is 252 g/mol. The largest absolute Gasteiger partial charge is 0.508 e. The van der Waals surface area contributed by atoms with E-state index in [1.165, 1.54) is 6.07 Å². The van der Waals surface area contributed by atoms with Crippen molar-refractivity contribution in [1.82, 2.24) is 10.2 Å². The van der Waals surface area contributed by atoms with Crippen molar-refractivity contribution in [2.45, 2.75) is 6.92 Å². The molecule has 0 bridgehead atoms. The molecule has 0 fully saturated rings. The van der Waals surface area contributed by atoms with Gasteiger partial charge in [0.2, 0.25) is 5.88 Å². The van der Waals surface area contributed by atoms with E-state index in [2.05, 4.69) is 10.2 Å². The van der Waals surface area contributed by atoms with Crippen molar-refractivity contribution >= 4 is 10.8 Å². The molecule has 94 valence electrons. The Kier molecular flexibility index (Phi) is 2.76. The Morgan fingerprint density at radius 2 is 1.74 bits per heavy atom. The zero-order valence-electron chi connectivity index (χ0n) is 10.4. The van der Waals surface area contributed by atoms with Gasteiger partial charge in [-0.3, -0.25) is 0 Å². The van der Waals surface area contributed by atoms with Crippen LogP contribution in [0.15, 0.2) is 48.5 Å². The minimum atomic E-state index is 0.155. The fourth-order valence-corrected chi connectivity index (χ4v) is 1.95. The van der Waals surface area contributed by atoms with Crippen LogP contribution in [0, 0.1) is 6.92 Å². The summed E-state index contributed by atoms with van der Waals surface area (Å²) in [7, 11) is 0. The number of nitrogens with zero attached hydrogens (tertiary/aromatic N) is 2. The highest BCUT2D eigenvalue weighted by Crippen LogP contribution is 2.29. The molecule has 2 aromatic carbocycles. The summed E-state index contributed by atoms with van der Waals surface area (Å²) in [5.74, 6) is 1.12. The van der Waals surface area contributed by atoms with E-state index < -0.39 is 0 Å². The lowest BCUT2D eigenvalue weighted by Gasteiger charge is -2.08. The first-order valence-corrected chi connectivity index (χ1v) is 5.93. The van der Waals surface area contributed by atoms with Gasteiger partial charge in [0, 0.05) is 16.8 Å². The number of aromatic hydroxyl groups is 1. The van der Waals surface area contributed by atoms with E-state index in [0.717, 1.165) is 16.5 Å². The molecule has 1 N–H and O–H groups in total. The SMILES string of the molecule is Cc1nnc(Oc2cccc(O)c2)c2ccccc12. The summed E-state index contributed by atoms with van der Waals surface area (Å²) in [6.45, 7) is 1.91. The summed E-state index contributed by atoms with van der Waals surface area (Å²) in [5, 5.41) is 19.5. The van der Waals surface area contributed by atoms with Crippen molar-refractivity contribution in [3.05, 3.63) is 54.2 Å². The number of aromatic nitrogens is 2. The highest BCUT2D eigenvalue weighted by atomic mass is 16.5. The van der Waals surface area contributed by atoms with E-state index in [9.17, 15) is 5.11 Å². The van der Waals surface area contributed by atoms with Crippen molar-refractivity contribution in [1.29, 1.82) is 0 Å². The number of phenols is 1. The molecule has 4 heteroatoms. The predicted octanol–water partition coefficient (Wildman–Crippen LogP) is 3.44.